The van der Waals surface area contributed by atoms with Crippen molar-refractivity contribution in [3.63, 3.8) is 0 Å². The van der Waals surface area contributed by atoms with E-state index in [1.54, 1.807) is 36.5 Å². The smallest absolute Gasteiger partial charge is 0.307 e. The van der Waals surface area contributed by atoms with Crippen LogP contribution >= 0.6 is 0 Å². The number of benzene rings is 2. The Hall–Kier alpha value is -4.58. The molecule has 1 atom stereocenters. The highest BCUT2D eigenvalue weighted by atomic mass is 19.1. The maximum Gasteiger partial charge on any atom is 0.332 e. The van der Waals surface area contributed by atoms with Gasteiger partial charge in [-0.25, -0.2) is 18.5 Å². The lowest BCUT2D eigenvalue weighted by atomic mass is 9.88. The maximum absolute atomic E-state index is 15.1. The Morgan fingerprint density at radius 2 is 1.59 bits per heavy atom. The van der Waals surface area contributed by atoms with E-state index >= 15 is 8.78 Å². The van der Waals surface area contributed by atoms with Gasteiger partial charge in [0.1, 0.15) is 11.2 Å². The summed E-state index contributed by atoms with van der Waals surface area (Å²) >= 11 is 0. The summed E-state index contributed by atoms with van der Waals surface area (Å²) in [5.74, 6) is 1.98. The summed E-state index contributed by atoms with van der Waals surface area (Å²) in [5, 5.41) is 0. The number of imide groups is 1. The Kier molecular flexibility index (Phi) is 5.96. The first-order chi connectivity index (χ1) is 17.7. The molecule has 186 valence electrons. The number of carbonyl (C=O) groups is 3. The van der Waals surface area contributed by atoms with E-state index in [-0.39, 0.29) is 18.7 Å². The summed E-state index contributed by atoms with van der Waals surface area (Å²) in [5.41, 5.74) is -0.153. The zero-order valence-electron chi connectivity index (χ0n) is 20.2. The zero-order valence-corrected chi connectivity index (χ0v) is 20.2. The molecule has 37 heavy (non-hydrogen) atoms. The number of aromatic nitrogens is 1. The fourth-order valence-electron chi connectivity index (χ4n) is 4.70. The standard InChI is InChI=1S/C28H22F2N4O3/c1-18-12-21(17-31-16-18)32-10-11-33-27(37)34(24(35)15-28(33,2)26(32)36)25-22(29)13-20(14-23(25)30)9-8-19-6-4-3-5-7-19/h3-7,12-14,16-17H,10-11,15H2,1-2H3/t28-/m0/s1. The van der Waals surface area contributed by atoms with Crippen LogP contribution in [0, 0.1) is 30.4 Å². The van der Waals surface area contributed by atoms with Crippen LogP contribution in [-0.4, -0.2) is 46.4 Å². The number of urea groups is 1. The van der Waals surface area contributed by atoms with Crippen LogP contribution in [0.25, 0.3) is 0 Å². The van der Waals surface area contributed by atoms with Crippen molar-refractivity contribution in [3.05, 3.63) is 89.2 Å². The maximum atomic E-state index is 15.1. The lowest BCUT2D eigenvalue weighted by Crippen LogP contribution is -2.73. The third kappa shape index (κ3) is 4.20. The molecule has 5 rings (SSSR count). The molecule has 9 heteroatoms. The second kappa shape index (κ2) is 9.13. The largest absolute Gasteiger partial charge is 0.332 e. The Labute approximate surface area is 212 Å². The molecule has 0 radical (unpaired) electrons. The molecular weight excluding hydrogens is 478 g/mol. The minimum Gasteiger partial charge on any atom is -0.307 e. The van der Waals surface area contributed by atoms with Crippen LogP contribution in [0.15, 0.2) is 60.9 Å². The fraction of sp³-hybridized carbons (Fsp3) is 0.214. The molecule has 2 aliphatic rings. The van der Waals surface area contributed by atoms with E-state index in [9.17, 15) is 14.4 Å². The van der Waals surface area contributed by atoms with Crippen molar-refractivity contribution >= 4 is 29.2 Å². The third-order valence-electron chi connectivity index (χ3n) is 6.55. The Bertz CT molecular complexity index is 1480. The summed E-state index contributed by atoms with van der Waals surface area (Å²) in [7, 11) is 0. The highest BCUT2D eigenvalue weighted by Gasteiger charge is 2.56. The Balaban J connectivity index is 1.44. The van der Waals surface area contributed by atoms with Crippen LogP contribution in [0.1, 0.15) is 30.0 Å². The van der Waals surface area contributed by atoms with E-state index in [0.29, 0.717) is 16.2 Å². The number of aryl methyl sites for hydroxylation is 1. The van der Waals surface area contributed by atoms with Gasteiger partial charge >= 0.3 is 6.03 Å². The third-order valence-corrected chi connectivity index (χ3v) is 6.55. The number of rotatable bonds is 2. The van der Waals surface area contributed by atoms with Crippen LogP contribution < -0.4 is 9.80 Å². The number of nitrogens with zero attached hydrogens (tertiary/aromatic N) is 4. The number of piperazine rings is 1. The monoisotopic (exact) mass is 500 g/mol. The summed E-state index contributed by atoms with van der Waals surface area (Å²) < 4.78 is 30.3. The number of carbonyl (C=O) groups excluding carboxylic acids is 3. The number of fused-ring (bicyclic) bond motifs is 1. The Morgan fingerprint density at radius 3 is 2.27 bits per heavy atom. The highest BCUT2D eigenvalue weighted by Crippen LogP contribution is 2.38. The number of halogens is 2. The molecule has 0 spiro atoms. The minimum absolute atomic E-state index is 0.0555. The second-order valence-electron chi connectivity index (χ2n) is 9.20. The normalized spacial score (nSPS) is 19.5. The van der Waals surface area contributed by atoms with E-state index in [1.165, 1.54) is 22.9 Å². The van der Waals surface area contributed by atoms with Gasteiger partial charge in [-0.05, 0) is 49.7 Å². The lowest BCUT2D eigenvalue weighted by molar-refractivity contribution is -0.137. The molecule has 0 N–H and O–H groups in total. The average molecular weight is 501 g/mol. The highest BCUT2D eigenvalue weighted by molar-refractivity contribution is 6.20. The van der Waals surface area contributed by atoms with Gasteiger partial charge in [0.25, 0.3) is 5.91 Å². The van der Waals surface area contributed by atoms with Crippen molar-refractivity contribution in [1.82, 2.24) is 9.88 Å². The molecule has 0 saturated carbocycles. The van der Waals surface area contributed by atoms with Gasteiger partial charge in [-0.15, -0.1) is 0 Å². The second-order valence-corrected chi connectivity index (χ2v) is 9.20. The van der Waals surface area contributed by atoms with Gasteiger partial charge in [-0.2, -0.15) is 0 Å². The minimum atomic E-state index is -1.50. The molecule has 3 aromatic rings. The van der Waals surface area contributed by atoms with Gasteiger partial charge in [0.05, 0.1) is 18.3 Å². The van der Waals surface area contributed by atoms with E-state index in [2.05, 4.69) is 16.8 Å². The van der Waals surface area contributed by atoms with Crippen molar-refractivity contribution in [2.75, 3.05) is 22.9 Å². The molecule has 3 heterocycles. The Morgan fingerprint density at radius 1 is 0.919 bits per heavy atom. The fourth-order valence-corrected chi connectivity index (χ4v) is 4.70. The summed E-state index contributed by atoms with van der Waals surface area (Å²) in [6, 6.07) is 11.7. The number of hydrogen-bond acceptors (Lipinski definition) is 4. The molecule has 2 aliphatic heterocycles. The van der Waals surface area contributed by atoms with E-state index in [4.69, 9.17) is 0 Å². The summed E-state index contributed by atoms with van der Waals surface area (Å²) in [6.45, 7) is 3.55. The molecule has 2 fully saturated rings. The first kappa shape index (κ1) is 24.1. The van der Waals surface area contributed by atoms with E-state index < -0.39 is 47.1 Å². The SMILES string of the molecule is Cc1cncc(N2CCN3C(=O)N(c4c(F)cc(C#Cc5ccccc5)cc4F)C(=O)C[C@@]3(C)C2=O)c1. The van der Waals surface area contributed by atoms with Crippen LogP contribution in [-0.2, 0) is 9.59 Å². The van der Waals surface area contributed by atoms with Crippen molar-refractivity contribution in [1.29, 1.82) is 0 Å². The first-order valence-corrected chi connectivity index (χ1v) is 11.6. The average Bonchev–Trinajstić information content (AvgIpc) is 2.86. The molecule has 0 unspecified atom stereocenters. The molecule has 0 aliphatic carbocycles. The van der Waals surface area contributed by atoms with E-state index in [0.717, 1.165) is 17.7 Å². The van der Waals surface area contributed by atoms with Crippen molar-refractivity contribution < 1.29 is 23.2 Å². The van der Waals surface area contributed by atoms with Gasteiger partial charge in [0.2, 0.25) is 5.91 Å². The van der Waals surface area contributed by atoms with Crippen molar-refractivity contribution in [3.8, 4) is 11.8 Å². The molecule has 2 saturated heterocycles. The van der Waals surface area contributed by atoms with Gasteiger partial charge in [0.15, 0.2) is 11.6 Å². The molecule has 7 nitrogen and oxygen atoms in total. The molecule has 0 bridgehead atoms. The predicted octanol–water partition coefficient (Wildman–Crippen LogP) is 4.03. The van der Waals surface area contributed by atoms with Crippen LogP contribution in [0.2, 0.25) is 0 Å². The van der Waals surface area contributed by atoms with Gasteiger partial charge in [0, 0.05) is 30.4 Å². The zero-order chi connectivity index (χ0) is 26.3. The summed E-state index contributed by atoms with van der Waals surface area (Å²) in [4.78, 5) is 47.3. The van der Waals surface area contributed by atoms with Crippen molar-refractivity contribution in [2.45, 2.75) is 25.8 Å². The van der Waals surface area contributed by atoms with Crippen molar-refractivity contribution in [2.24, 2.45) is 0 Å². The van der Waals surface area contributed by atoms with Crippen LogP contribution in [0.4, 0.5) is 25.0 Å². The predicted molar refractivity (Wildman–Crippen MR) is 133 cm³/mol. The lowest BCUT2D eigenvalue weighted by Gasteiger charge is -2.51. The van der Waals surface area contributed by atoms with Gasteiger partial charge in [-0.1, -0.05) is 30.0 Å². The first-order valence-electron chi connectivity index (χ1n) is 11.6. The molecule has 4 amide bonds. The number of hydrogen-bond donors (Lipinski definition) is 0. The molecule has 2 aromatic carbocycles. The number of pyridine rings is 1. The molecule has 1 aromatic heterocycles. The summed E-state index contributed by atoms with van der Waals surface area (Å²) in [6.07, 6.45) is 2.76. The topological polar surface area (TPSA) is 73.8 Å². The number of amides is 4. The number of anilines is 2. The van der Waals surface area contributed by atoms with Crippen LogP contribution in [0.5, 0.6) is 0 Å². The molecular formula is C28H22F2N4O3. The van der Waals surface area contributed by atoms with E-state index in [1.807, 2.05) is 13.0 Å². The van der Waals surface area contributed by atoms with Crippen LogP contribution in [0.3, 0.4) is 0 Å². The van der Waals surface area contributed by atoms with Gasteiger partial charge in [-0.3, -0.25) is 14.6 Å². The van der Waals surface area contributed by atoms with Gasteiger partial charge < -0.3 is 9.80 Å². The quantitative estimate of drug-likeness (QED) is 0.498.